The van der Waals surface area contributed by atoms with E-state index < -0.39 is 12.0 Å². The van der Waals surface area contributed by atoms with Gasteiger partial charge in [0.1, 0.15) is 5.69 Å². The van der Waals surface area contributed by atoms with Crippen LogP contribution >= 0.6 is 0 Å². The summed E-state index contributed by atoms with van der Waals surface area (Å²) in [5.74, 6) is -0.0829. The molecule has 0 bridgehead atoms. The highest BCUT2D eigenvalue weighted by atomic mass is 16.5. The Morgan fingerprint density at radius 3 is 2.67 bits per heavy atom. The number of benzene rings is 1. The maximum atomic E-state index is 11.2. The molecule has 7 nitrogen and oxygen atoms in total. The highest BCUT2D eigenvalue weighted by Crippen LogP contribution is 2.21. The number of rotatable bonds is 8. The van der Waals surface area contributed by atoms with Gasteiger partial charge in [0, 0.05) is 24.2 Å². The van der Waals surface area contributed by atoms with Crippen molar-refractivity contribution in [3.05, 3.63) is 66.7 Å². The summed E-state index contributed by atoms with van der Waals surface area (Å²) < 4.78 is 7.46. The van der Waals surface area contributed by atoms with Gasteiger partial charge < -0.3 is 20.1 Å². The lowest BCUT2D eigenvalue weighted by atomic mass is 10.1. The lowest BCUT2D eigenvalue weighted by Gasteiger charge is -2.21. The van der Waals surface area contributed by atoms with Crippen LogP contribution in [0.25, 0.3) is 11.3 Å². The molecule has 27 heavy (non-hydrogen) atoms. The number of primary amides is 1. The molecule has 0 radical (unpaired) electrons. The lowest BCUT2D eigenvalue weighted by molar-refractivity contribution is 0.0993. The minimum atomic E-state index is -0.646. The summed E-state index contributed by atoms with van der Waals surface area (Å²) in [4.78, 5) is 19.7. The van der Waals surface area contributed by atoms with E-state index in [2.05, 4.69) is 9.97 Å². The van der Waals surface area contributed by atoms with E-state index in [9.17, 15) is 9.90 Å². The number of aliphatic hydroxyl groups excluding tert-OH is 1. The van der Waals surface area contributed by atoms with E-state index in [1.165, 1.54) is 12.5 Å². The number of nitrogens with zero attached hydrogens (tertiary/aromatic N) is 3. The van der Waals surface area contributed by atoms with Gasteiger partial charge in [0.05, 0.1) is 30.8 Å². The van der Waals surface area contributed by atoms with E-state index >= 15 is 0 Å². The van der Waals surface area contributed by atoms with Crippen molar-refractivity contribution in [1.82, 2.24) is 14.5 Å². The van der Waals surface area contributed by atoms with Gasteiger partial charge >= 0.3 is 0 Å². The molecule has 2 atom stereocenters. The molecule has 2 unspecified atom stereocenters. The summed E-state index contributed by atoms with van der Waals surface area (Å²) in [6.45, 7) is 2.04. The first kappa shape index (κ1) is 18.6. The van der Waals surface area contributed by atoms with E-state index in [-0.39, 0.29) is 11.7 Å². The van der Waals surface area contributed by atoms with Crippen LogP contribution in [0.1, 0.15) is 29.9 Å². The molecular weight excluding hydrogens is 344 g/mol. The first-order chi connectivity index (χ1) is 13.0. The summed E-state index contributed by atoms with van der Waals surface area (Å²) >= 11 is 0. The number of imidazole rings is 1. The molecule has 2 aromatic heterocycles. The summed E-state index contributed by atoms with van der Waals surface area (Å²) in [5, 5.41) is 10.1. The molecule has 0 aliphatic heterocycles. The van der Waals surface area contributed by atoms with Crippen molar-refractivity contribution in [3.63, 3.8) is 0 Å². The van der Waals surface area contributed by atoms with E-state index in [1.807, 2.05) is 42.5 Å². The van der Waals surface area contributed by atoms with Gasteiger partial charge in [-0.1, -0.05) is 36.4 Å². The van der Waals surface area contributed by atoms with Crippen molar-refractivity contribution in [1.29, 1.82) is 0 Å². The highest BCUT2D eigenvalue weighted by molar-refractivity contribution is 5.90. The molecule has 0 saturated heterocycles. The Morgan fingerprint density at radius 2 is 2.00 bits per heavy atom. The SMILES string of the molecule is CC(O)C(CCOc1cccc(-c2ccccc2)n1)n1cnc(C(N)=O)c1. The number of pyridine rings is 1. The second kappa shape index (κ2) is 8.46. The van der Waals surface area contributed by atoms with Crippen LogP contribution in [0.3, 0.4) is 0 Å². The highest BCUT2D eigenvalue weighted by Gasteiger charge is 2.19. The Morgan fingerprint density at radius 1 is 1.22 bits per heavy atom. The van der Waals surface area contributed by atoms with Gasteiger partial charge in [-0.15, -0.1) is 0 Å². The molecule has 1 amide bonds. The zero-order valence-electron chi connectivity index (χ0n) is 15.0. The zero-order chi connectivity index (χ0) is 19.2. The fourth-order valence-electron chi connectivity index (χ4n) is 2.83. The van der Waals surface area contributed by atoms with E-state index in [1.54, 1.807) is 17.6 Å². The lowest BCUT2D eigenvalue weighted by Crippen LogP contribution is -2.23. The van der Waals surface area contributed by atoms with Crippen molar-refractivity contribution in [2.24, 2.45) is 5.73 Å². The maximum absolute atomic E-state index is 11.2. The zero-order valence-corrected chi connectivity index (χ0v) is 15.0. The fourth-order valence-corrected chi connectivity index (χ4v) is 2.83. The van der Waals surface area contributed by atoms with E-state index in [0.29, 0.717) is 18.9 Å². The molecule has 3 rings (SSSR count). The molecule has 7 heteroatoms. The Hall–Kier alpha value is -3.19. The van der Waals surface area contributed by atoms with Gasteiger partial charge in [0.15, 0.2) is 0 Å². The summed E-state index contributed by atoms with van der Waals surface area (Å²) in [7, 11) is 0. The van der Waals surface area contributed by atoms with Crippen LogP contribution in [0, 0.1) is 0 Å². The predicted octanol–water partition coefficient (Wildman–Crippen LogP) is 2.43. The van der Waals surface area contributed by atoms with Crippen LogP contribution in [-0.4, -0.2) is 38.3 Å². The van der Waals surface area contributed by atoms with Crippen LogP contribution in [0.4, 0.5) is 0 Å². The average Bonchev–Trinajstić information content (AvgIpc) is 3.16. The van der Waals surface area contributed by atoms with Gasteiger partial charge in [-0.05, 0) is 13.0 Å². The van der Waals surface area contributed by atoms with E-state index in [4.69, 9.17) is 10.5 Å². The van der Waals surface area contributed by atoms with Gasteiger partial charge in [-0.3, -0.25) is 4.79 Å². The number of hydrogen-bond acceptors (Lipinski definition) is 5. The minimum absolute atomic E-state index is 0.166. The van der Waals surface area contributed by atoms with Crippen LogP contribution < -0.4 is 10.5 Å². The minimum Gasteiger partial charge on any atom is -0.478 e. The Balaban J connectivity index is 1.64. The van der Waals surface area contributed by atoms with Crippen LogP contribution in [0.15, 0.2) is 61.1 Å². The number of nitrogens with two attached hydrogens (primary N) is 1. The smallest absolute Gasteiger partial charge is 0.268 e. The number of aliphatic hydroxyl groups is 1. The van der Waals surface area contributed by atoms with Crippen LogP contribution in [0.5, 0.6) is 5.88 Å². The van der Waals surface area contributed by atoms with Crippen molar-refractivity contribution < 1.29 is 14.6 Å². The summed E-state index contributed by atoms with van der Waals surface area (Å²) in [6.07, 6.45) is 2.90. The maximum Gasteiger partial charge on any atom is 0.268 e. The molecule has 0 fully saturated rings. The van der Waals surface area contributed by atoms with Gasteiger partial charge in [0.25, 0.3) is 5.91 Å². The normalized spacial score (nSPS) is 13.1. The molecule has 0 spiro atoms. The van der Waals surface area contributed by atoms with Crippen molar-refractivity contribution >= 4 is 5.91 Å². The molecule has 140 valence electrons. The Kier molecular flexibility index (Phi) is 5.83. The second-order valence-corrected chi connectivity index (χ2v) is 6.24. The number of aromatic nitrogens is 3. The molecule has 0 saturated carbocycles. The largest absolute Gasteiger partial charge is 0.478 e. The van der Waals surface area contributed by atoms with E-state index in [0.717, 1.165) is 11.3 Å². The standard InChI is InChI=1S/C20H22N4O3/c1-14(25)18(24-12-17(20(21)26)22-13-24)10-11-27-19-9-5-8-16(23-19)15-6-3-2-4-7-15/h2-9,12-14,18,25H,10-11H2,1H3,(H2,21,26). The first-order valence-corrected chi connectivity index (χ1v) is 8.71. The van der Waals surface area contributed by atoms with Crippen LogP contribution in [-0.2, 0) is 0 Å². The third kappa shape index (κ3) is 4.71. The number of hydrogen-bond donors (Lipinski definition) is 2. The first-order valence-electron chi connectivity index (χ1n) is 8.71. The molecule has 3 aromatic rings. The quantitative estimate of drug-likeness (QED) is 0.637. The Bertz CT molecular complexity index is 893. The number of ether oxygens (including phenoxy) is 1. The molecule has 2 heterocycles. The third-order valence-corrected chi connectivity index (χ3v) is 4.25. The Labute approximate surface area is 157 Å². The van der Waals surface area contributed by atoms with Crippen molar-refractivity contribution in [2.45, 2.75) is 25.5 Å². The summed E-state index contributed by atoms with van der Waals surface area (Å²) in [6, 6.07) is 15.2. The monoisotopic (exact) mass is 366 g/mol. The summed E-state index contributed by atoms with van der Waals surface area (Å²) in [5.41, 5.74) is 7.25. The molecule has 0 aliphatic rings. The van der Waals surface area contributed by atoms with Crippen molar-refractivity contribution in [2.75, 3.05) is 6.61 Å². The van der Waals surface area contributed by atoms with Gasteiger partial charge in [0.2, 0.25) is 5.88 Å². The number of carbonyl (C=O) groups is 1. The fraction of sp³-hybridized carbons (Fsp3) is 0.250. The average molecular weight is 366 g/mol. The second-order valence-electron chi connectivity index (χ2n) is 6.24. The molecule has 0 aliphatic carbocycles. The number of amides is 1. The number of carbonyl (C=O) groups excluding carboxylic acids is 1. The third-order valence-electron chi connectivity index (χ3n) is 4.25. The molecule has 1 aromatic carbocycles. The van der Waals surface area contributed by atoms with Crippen molar-refractivity contribution in [3.8, 4) is 17.1 Å². The van der Waals surface area contributed by atoms with Gasteiger partial charge in [-0.25, -0.2) is 9.97 Å². The van der Waals surface area contributed by atoms with Gasteiger partial charge in [-0.2, -0.15) is 0 Å². The predicted molar refractivity (Wildman–Crippen MR) is 101 cm³/mol. The topological polar surface area (TPSA) is 103 Å². The molecule has 3 N–H and O–H groups in total. The molecular formula is C20H22N4O3. The van der Waals surface area contributed by atoms with Crippen LogP contribution in [0.2, 0.25) is 0 Å².